The molecule has 0 saturated heterocycles. The lowest BCUT2D eigenvalue weighted by Gasteiger charge is -2.10. The van der Waals surface area contributed by atoms with Crippen molar-refractivity contribution in [2.45, 2.75) is 26.7 Å². The van der Waals surface area contributed by atoms with E-state index in [4.69, 9.17) is 9.47 Å². The third-order valence-corrected chi connectivity index (χ3v) is 5.66. The van der Waals surface area contributed by atoms with E-state index in [9.17, 15) is 4.79 Å². The van der Waals surface area contributed by atoms with Gasteiger partial charge in [0.15, 0.2) is 11.5 Å². The van der Waals surface area contributed by atoms with Crippen molar-refractivity contribution in [3.63, 3.8) is 0 Å². The van der Waals surface area contributed by atoms with E-state index < -0.39 is 0 Å². The lowest BCUT2D eigenvalue weighted by molar-refractivity contribution is -0.116. The van der Waals surface area contributed by atoms with Crippen molar-refractivity contribution in [2.24, 2.45) is 0 Å². The second kappa shape index (κ2) is 9.18. The van der Waals surface area contributed by atoms with Gasteiger partial charge in [-0.2, -0.15) is 4.98 Å². The van der Waals surface area contributed by atoms with Crippen LogP contribution in [0.25, 0.3) is 16.2 Å². The average Bonchev–Trinajstić information content (AvgIpc) is 3.34. The van der Waals surface area contributed by atoms with Crippen molar-refractivity contribution < 1.29 is 14.3 Å². The first-order valence-corrected chi connectivity index (χ1v) is 11.0. The van der Waals surface area contributed by atoms with Gasteiger partial charge >= 0.3 is 0 Å². The highest BCUT2D eigenvalue weighted by molar-refractivity contribution is 7.15. The number of hydrogen-bond donors (Lipinski definition) is 1. The smallest absolute Gasteiger partial charge is 0.250 e. The minimum atomic E-state index is -0.136. The predicted molar refractivity (Wildman–Crippen MR) is 122 cm³/mol. The molecule has 2 aromatic heterocycles. The highest BCUT2D eigenvalue weighted by Crippen LogP contribution is 2.29. The molecule has 4 aromatic rings. The van der Waals surface area contributed by atoms with Crippen LogP contribution in [0, 0.1) is 6.92 Å². The molecule has 31 heavy (non-hydrogen) atoms. The molecule has 0 spiro atoms. The van der Waals surface area contributed by atoms with Crippen LogP contribution < -0.4 is 14.8 Å². The monoisotopic (exact) mass is 436 g/mol. The van der Waals surface area contributed by atoms with Gasteiger partial charge in [0.2, 0.25) is 16.8 Å². The number of carbonyl (C=O) groups excluding carboxylic acids is 1. The van der Waals surface area contributed by atoms with Crippen LogP contribution in [0.4, 0.5) is 5.95 Å². The Balaban J connectivity index is 1.41. The Kier molecular flexibility index (Phi) is 6.18. The van der Waals surface area contributed by atoms with Crippen LogP contribution >= 0.6 is 11.3 Å². The van der Waals surface area contributed by atoms with E-state index in [1.165, 1.54) is 16.9 Å². The van der Waals surface area contributed by atoms with Gasteiger partial charge < -0.3 is 9.47 Å². The molecule has 0 fully saturated rings. The van der Waals surface area contributed by atoms with Crippen LogP contribution in [0.5, 0.6) is 11.5 Å². The van der Waals surface area contributed by atoms with Gasteiger partial charge in [-0.05, 0) is 38.0 Å². The first-order valence-electron chi connectivity index (χ1n) is 10.1. The summed E-state index contributed by atoms with van der Waals surface area (Å²) in [6.45, 7) is 4.55. The molecule has 0 radical (unpaired) electrons. The fourth-order valence-electron chi connectivity index (χ4n) is 3.24. The molecule has 1 amide bonds. The Morgan fingerprint density at radius 2 is 1.97 bits per heavy atom. The summed E-state index contributed by atoms with van der Waals surface area (Å²) in [6.07, 6.45) is 0.889. The molecule has 2 heterocycles. The highest BCUT2D eigenvalue weighted by Gasteiger charge is 2.14. The maximum Gasteiger partial charge on any atom is 0.250 e. The minimum Gasteiger partial charge on any atom is -0.493 e. The van der Waals surface area contributed by atoms with Crippen molar-refractivity contribution in [3.05, 3.63) is 59.0 Å². The van der Waals surface area contributed by atoms with Gasteiger partial charge in [-0.25, -0.2) is 4.52 Å². The van der Waals surface area contributed by atoms with Crippen LogP contribution in [0.2, 0.25) is 0 Å². The Morgan fingerprint density at radius 1 is 1.16 bits per heavy atom. The summed E-state index contributed by atoms with van der Waals surface area (Å²) in [7, 11) is 1.61. The Morgan fingerprint density at radius 3 is 2.71 bits per heavy atom. The van der Waals surface area contributed by atoms with Gasteiger partial charge in [-0.15, -0.1) is 16.4 Å². The first-order chi connectivity index (χ1) is 15.1. The van der Waals surface area contributed by atoms with E-state index in [0.29, 0.717) is 36.9 Å². The van der Waals surface area contributed by atoms with Crippen LogP contribution in [-0.2, 0) is 11.2 Å². The highest BCUT2D eigenvalue weighted by atomic mass is 32.1. The number of nitrogens with zero attached hydrogens (tertiary/aromatic N) is 3. The van der Waals surface area contributed by atoms with E-state index in [1.807, 2.05) is 30.5 Å². The normalized spacial score (nSPS) is 10.9. The third kappa shape index (κ3) is 4.69. The van der Waals surface area contributed by atoms with E-state index in [2.05, 4.69) is 46.6 Å². The Bertz CT molecular complexity index is 1200. The zero-order chi connectivity index (χ0) is 21.8. The van der Waals surface area contributed by atoms with Gasteiger partial charge in [0, 0.05) is 17.4 Å². The van der Waals surface area contributed by atoms with Crippen molar-refractivity contribution in [1.82, 2.24) is 14.6 Å². The van der Waals surface area contributed by atoms with Gasteiger partial charge in [-0.1, -0.05) is 35.9 Å². The Hall–Kier alpha value is -3.39. The summed E-state index contributed by atoms with van der Waals surface area (Å²) in [5.41, 5.74) is 4.21. The molecule has 160 valence electrons. The van der Waals surface area contributed by atoms with Crippen LogP contribution in [-0.4, -0.2) is 34.2 Å². The summed E-state index contributed by atoms with van der Waals surface area (Å²) >= 11 is 1.49. The van der Waals surface area contributed by atoms with Crippen LogP contribution in [0.15, 0.2) is 47.8 Å². The predicted octanol–water partition coefficient (Wildman–Crippen LogP) is 4.74. The number of rotatable bonds is 8. The second-order valence-corrected chi connectivity index (χ2v) is 7.92. The number of nitrogens with one attached hydrogen (secondary N) is 1. The van der Waals surface area contributed by atoms with Crippen molar-refractivity contribution >= 4 is 28.2 Å². The maximum absolute atomic E-state index is 12.4. The molecule has 1 N–H and O–H groups in total. The SMILES string of the molecule is CCOc1ccc(CCC(=O)Nc2nc3scc(-c4ccc(C)cc4)n3n2)cc1OC. The molecule has 0 aliphatic rings. The largest absolute Gasteiger partial charge is 0.493 e. The van der Waals surface area contributed by atoms with Crippen LogP contribution in [0.3, 0.4) is 0 Å². The standard InChI is InChI=1S/C23H24N4O3S/c1-4-30-19-11-7-16(13-20(19)29-3)8-12-21(28)24-22-25-23-27(26-22)18(14-31-23)17-9-5-15(2)6-10-17/h5-7,9-11,13-14H,4,8,12H2,1-3H3,(H,24,26,28). The number of anilines is 1. The molecule has 4 rings (SSSR count). The number of carbonyl (C=O) groups is 1. The lowest BCUT2D eigenvalue weighted by atomic mass is 10.1. The fraction of sp³-hybridized carbons (Fsp3) is 0.261. The molecular weight excluding hydrogens is 412 g/mol. The third-order valence-electron chi connectivity index (χ3n) is 4.85. The summed E-state index contributed by atoms with van der Waals surface area (Å²) < 4.78 is 12.7. The van der Waals surface area contributed by atoms with Gasteiger partial charge in [0.25, 0.3) is 0 Å². The number of aryl methyl sites for hydroxylation is 2. The number of benzene rings is 2. The number of methoxy groups -OCH3 is 1. The molecule has 2 aromatic carbocycles. The van der Waals surface area contributed by atoms with E-state index in [0.717, 1.165) is 21.8 Å². The number of fused-ring (bicyclic) bond motifs is 1. The molecule has 0 bridgehead atoms. The average molecular weight is 437 g/mol. The van der Waals surface area contributed by atoms with E-state index in [-0.39, 0.29) is 5.91 Å². The maximum atomic E-state index is 12.4. The molecule has 8 heteroatoms. The van der Waals surface area contributed by atoms with E-state index in [1.54, 1.807) is 11.6 Å². The molecule has 0 saturated carbocycles. The fourth-order valence-corrected chi connectivity index (χ4v) is 4.08. The van der Waals surface area contributed by atoms with Gasteiger partial charge in [-0.3, -0.25) is 10.1 Å². The summed E-state index contributed by atoms with van der Waals surface area (Å²) in [5.74, 6) is 1.54. The number of thiazole rings is 1. The van der Waals surface area contributed by atoms with Crippen LogP contribution in [0.1, 0.15) is 24.5 Å². The topological polar surface area (TPSA) is 77.8 Å². The quantitative estimate of drug-likeness (QED) is 0.431. The molecule has 0 aliphatic heterocycles. The molecule has 7 nitrogen and oxygen atoms in total. The van der Waals surface area contributed by atoms with Crippen molar-refractivity contribution in [1.29, 1.82) is 0 Å². The number of amides is 1. The van der Waals surface area contributed by atoms with Gasteiger partial charge in [0.05, 0.1) is 19.4 Å². The lowest BCUT2D eigenvalue weighted by Crippen LogP contribution is -2.13. The number of ether oxygens (including phenoxy) is 2. The van der Waals surface area contributed by atoms with Crippen molar-refractivity contribution in [2.75, 3.05) is 19.0 Å². The number of hydrogen-bond acceptors (Lipinski definition) is 6. The zero-order valence-electron chi connectivity index (χ0n) is 17.7. The summed E-state index contributed by atoms with van der Waals surface area (Å²) in [5, 5.41) is 9.30. The van der Waals surface area contributed by atoms with Crippen molar-refractivity contribution in [3.8, 4) is 22.8 Å². The zero-order valence-corrected chi connectivity index (χ0v) is 18.5. The number of aromatic nitrogens is 3. The van der Waals surface area contributed by atoms with E-state index >= 15 is 0 Å². The minimum absolute atomic E-state index is 0.136. The first kappa shape index (κ1) is 20.9. The summed E-state index contributed by atoms with van der Waals surface area (Å²) in [4.78, 5) is 17.6. The van der Waals surface area contributed by atoms with Gasteiger partial charge in [0.1, 0.15) is 0 Å². The molecule has 0 aliphatic carbocycles. The molecular formula is C23H24N4O3S. The molecule has 0 unspecified atom stereocenters. The Labute approximate surface area is 184 Å². The molecule has 0 atom stereocenters. The summed E-state index contributed by atoms with van der Waals surface area (Å²) in [6, 6.07) is 14.0. The second-order valence-electron chi connectivity index (χ2n) is 7.08.